The lowest BCUT2D eigenvalue weighted by atomic mass is 10.0. The number of carbonyl (C=O) groups excluding carboxylic acids is 1. The molecule has 1 amide bonds. The van der Waals surface area contributed by atoms with Gasteiger partial charge in [-0.1, -0.05) is 0 Å². The van der Waals surface area contributed by atoms with Gasteiger partial charge in [-0.2, -0.15) is 4.98 Å². The van der Waals surface area contributed by atoms with E-state index in [0.29, 0.717) is 35.7 Å². The third kappa shape index (κ3) is 5.18. The number of methoxy groups -OCH3 is 1. The van der Waals surface area contributed by atoms with Crippen molar-refractivity contribution in [2.75, 3.05) is 80.4 Å². The molecule has 0 unspecified atom stereocenters. The van der Waals surface area contributed by atoms with Gasteiger partial charge in [0.25, 0.3) is 5.91 Å². The molecule has 2 aromatic heterocycles. The van der Waals surface area contributed by atoms with Crippen LogP contribution in [0.1, 0.15) is 35.3 Å². The predicted octanol–water partition coefficient (Wildman–Crippen LogP) is 3.93. The number of benzene rings is 1. The first-order valence-corrected chi connectivity index (χ1v) is 14.8. The van der Waals surface area contributed by atoms with Gasteiger partial charge in [-0.05, 0) is 45.9 Å². The van der Waals surface area contributed by atoms with E-state index in [1.165, 1.54) is 37.3 Å². The van der Waals surface area contributed by atoms with Gasteiger partial charge in [0.2, 0.25) is 5.95 Å². The molecular formula is C28H37N9O2S. The molecule has 1 aromatic carbocycles. The number of piperazine rings is 1. The summed E-state index contributed by atoms with van der Waals surface area (Å²) >= 11 is 1.49. The van der Waals surface area contributed by atoms with E-state index >= 15 is 0 Å². The minimum Gasteiger partial charge on any atom is -0.494 e. The molecule has 12 heteroatoms. The number of nitrogens with zero attached hydrogens (tertiary/aromatic N) is 7. The molecular weight excluding hydrogens is 526 g/mol. The van der Waals surface area contributed by atoms with Gasteiger partial charge in [0.1, 0.15) is 16.4 Å². The Morgan fingerprint density at radius 1 is 1.12 bits per heavy atom. The van der Waals surface area contributed by atoms with Crippen LogP contribution >= 0.6 is 11.3 Å². The lowest BCUT2D eigenvalue weighted by Crippen LogP contribution is -2.52. The van der Waals surface area contributed by atoms with Gasteiger partial charge in [0, 0.05) is 63.6 Å². The summed E-state index contributed by atoms with van der Waals surface area (Å²) in [5.41, 5.74) is 2.92. The summed E-state index contributed by atoms with van der Waals surface area (Å²) < 4.78 is 5.78. The normalized spacial score (nSPS) is 18.6. The Morgan fingerprint density at radius 2 is 1.90 bits per heavy atom. The molecule has 0 spiro atoms. The number of fused-ring (bicyclic) bond motifs is 2. The molecule has 2 saturated heterocycles. The third-order valence-electron chi connectivity index (χ3n) is 8.08. The van der Waals surface area contributed by atoms with Crippen LogP contribution in [0.25, 0.3) is 0 Å². The summed E-state index contributed by atoms with van der Waals surface area (Å²) in [5.74, 6) is 1.55. The minimum absolute atomic E-state index is 0.245. The molecule has 0 aliphatic carbocycles. The van der Waals surface area contributed by atoms with E-state index in [1.807, 2.05) is 24.8 Å². The number of nitrogens with one attached hydrogen (secondary N) is 2. The summed E-state index contributed by atoms with van der Waals surface area (Å²) in [6.45, 7) is 11.3. The molecule has 3 aliphatic rings. The Labute approximate surface area is 239 Å². The highest BCUT2D eigenvalue weighted by atomic mass is 32.1. The number of likely N-dealkylation sites (N-methyl/N-ethyl adjacent to an activating group) is 1. The monoisotopic (exact) mass is 563 g/mol. The fourth-order valence-corrected chi connectivity index (χ4v) is 6.80. The van der Waals surface area contributed by atoms with Crippen molar-refractivity contribution in [3.05, 3.63) is 35.1 Å². The van der Waals surface area contributed by atoms with Crippen LogP contribution in [0.5, 0.6) is 5.75 Å². The fraction of sp³-hybridized carbons (Fsp3) is 0.500. The van der Waals surface area contributed by atoms with E-state index in [4.69, 9.17) is 9.72 Å². The fourth-order valence-electron chi connectivity index (χ4n) is 5.82. The number of thiazole rings is 1. The summed E-state index contributed by atoms with van der Waals surface area (Å²) in [5, 5.41) is 7.88. The number of hydrogen-bond donors (Lipinski definition) is 2. The van der Waals surface area contributed by atoms with Crippen molar-refractivity contribution in [3.8, 4) is 5.75 Å². The predicted molar refractivity (Wildman–Crippen MR) is 160 cm³/mol. The summed E-state index contributed by atoms with van der Waals surface area (Å²) in [7, 11) is 3.89. The molecule has 2 fully saturated rings. The van der Waals surface area contributed by atoms with Gasteiger partial charge in [0.05, 0.1) is 24.0 Å². The molecule has 40 heavy (non-hydrogen) atoms. The number of aryl methyl sites for hydroxylation is 1. The summed E-state index contributed by atoms with van der Waals surface area (Å²) in [4.78, 5) is 36.1. The average molecular weight is 564 g/mol. The van der Waals surface area contributed by atoms with Crippen LogP contribution in [0.4, 0.5) is 33.8 Å². The molecule has 5 heterocycles. The van der Waals surface area contributed by atoms with Crippen molar-refractivity contribution in [2.45, 2.75) is 32.7 Å². The SMILES string of the molecule is CCN1c2nc(Nc3ccc(N4CCC(N5CCN(C)CC5)CC4)cc3OC)ncc2NC(=O)c2nc(C)sc21. The van der Waals surface area contributed by atoms with E-state index < -0.39 is 0 Å². The molecule has 6 rings (SSSR count). The molecule has 2 N–H and O–H groups in total. The molecule has 3 aliphatic heterocycles. The van der Waals surface area contributed by atoms with E-state index in [9.17, 15) is 4.79 Å². The van der Waals surface area contributed by atoms with Crippen molar-refractivity contribution in [1.82, 2.24) is 24.8 Å². The number of carbonyl (C=O) groups is 1. The van der Waals surface area contributed by atoms with E-state index in [2.05, 4.69) is 54.5 Å². The number of rotatable bonds is 6. The quantitative estimate of drug-likeness (QED) is 0.459. The van der Waals surface area contributed by atoms with Gasteiger partial charge in [-0.25, -0.2) is 9.97 Å². The highest BCUT2D eigenvalue weighted by molar-refractivity contribution is 7.16. The maximum absolute atomic E-state index is 12.8. The second kappa shape index (κ2) is 11.2. The Kier molecular flexibility index (Phi) is 7.47. The topological polar surface area (TPSA) is 102 Å². The van der Waals surface area contributed by atoms with Crippen LogP contribution in [0.15, 0.2) is 24.4 Å². The maximum Gasteiger partial charge on any atom is 0.277 e. The van der Waals surface area contributed by atoms with Crippen LogP contribution in [0.3, 0.4) is 0 Å². The van der Waals surface area contributed by atoms with Crippen LogP contribution in [0.2, 0.25) is 0 Å². The number of amides is 1. The first-order chi connectivity index (χ1) is 19.4. The largest absolute Gasteiger partial charge is 0.494 e. The van der Waals surface area contributed by atoms with Crippen molar-refractivity contribution in [1.29, 1.82) is 0 Å². The first kappa shape index (κ1) is 26.7. The zero-order valence-electron chi connectivity index (χ0n) is 23.6. The number of piperidine rings is 1. The highest BCUT2D eigenvalue weighted by Crippen LogP contribution is 2.40. The van der Waals surface area contributed by atoms with Crippen LogP contribution in [-0.2, 0) is 0 Å². The summed E-state index contributed by atoms with van der Waals surface area (Å²) in [6.07, 6.45) is 4.00. The Morgan fingerprint density at radius 3 is 2.62 bits per heavy atom. The maximum atomic E-state index is 12.8. The second-order valence-corrected chi connectivity index (χ2v) is 11.8. The lowest BCUT2D eigenvalue weighted by Gasteiger charge is -2.42. The third-order valence-corrected chi connectivity index (χ3v) is 9.07. The highest BCUT2D eigenvalue weighted by Gasteiger charge is 2.30. The summed E-state index contributed by atoms with van der Waals surface area (Å²) in [6, 6.07) is 6.93. The number of anilines is 6. The van der Waals surface area contributed by atoms with Gasteiger partial charge in [-0.3, -0.25) is 9.69 Å². The van der Waals surface area contributed by atoms with Crippen LogP contribution in [0, 0.1) is 6.92 Å². The van der Waals surface area contributed by atoms with Crippen LogP contribution in [-0.4, -0.2) is 96.7 Å². The minimum atomic E-state index is -0.245. The van der Waals surface area contributed by atoms with Gasteiger partial charge < -0.3 is 30.1 Å². The Balaban J connectivity index is 1.18. The van der Waals surface area contributed by atoms with Crippen LogP contribution < -0.4 is 25.2 Å². The van der Waals surface area contributed by atoms with E-state index in [1.54, 1.807) is 13.3 Å². The van der Waals surface area contributed by atoms with Crippen molar-refractivity contribution >= 4 is 51.1 Å². The van der Waals surface area contributed by atoms with Gasteiger partial charge in [0.15, 0.2) is 11.5 Å². The Bertz CT molecular complexity index is 1380. The molecule has 3 aromatic rings. The Hall–Kier alpha value is -3.48. The van der Waals surface area contributed by atoms with Crippen molar-refractivity contribution in [2.24, 2.45) is 0 Å². The van der Waals surface area contributed by atoms with E-state index in [0.717, 1.165) is 53.3 Å². The molecule has 0 radical (unpaired) electrons. The van der Waals surface area contributed by atoms with Crippen molar-refractivity contribution in [3.63, 3.8) is 0 Å². The number of hydrogen-bond acceptors (Lipinski definition) is 11. The first-order valence-electron chi connectivity index (χ1n) is 14.0. The molecule has 0 bridgehead atoms. The second-order valence-electron chi connectivity index (χ2n) is 10.6. The molecule has 0 atom stereocenters. The molecule has 212 valence electrons. The molecule has 0 saturated carbocycles. The number of aromatic nitrogens is 3. The zero-order valence-corrected chi connectivity index (χ0v) is 24.4. The lowest BCUT2D eigenvalue weighted by molar-refractivity contribution is 0.0982. The zero-order chi connectivity index (χ0) is 27.8. The molecule has 11 nitrogen and oxygen atoms in total. The smallest absolute Gasteiger partial charge is 0.277 e. The van der Waals surface area contributed by atoms with Gasteiger partial charge >= 0.3 is 0 Å². The van der Waals surface area contributed by atoms with Gasteiger partial charge in [-0.15, -0.1) is 11.3 Å². The number of ether oxygens (including phenoxy) is 1. The van der Waals surface area contributed by atoms with E-state index in [-0.39, 0.29) is 5.91 Å². The average Bonchev–Trinajstić information content (AvgIpc) is 3.32. The van der Waals surface area contributed by atoms with Crippen molar-refractivity contribution < 1.29 is 9.53 Å². The standard InChI is InChI=1S/C28H37N9O2S/c1-5-37-25-22(31-26(38)24-27(37)40-18(2)30-24)17-29-28(33-25)32-21-7-6-20(16-23(21)39-4)35-10-8-19(9-11-35)36-14-12-34(3)13-15-36/h6-7,16-17,19H,5,8-15H2,1-4H3,(H,31,38)(H,29,32,33).